The van der Waals surface area contributed by atoms with Gasteiger partial charge in [-0.05, 0) is 24.3 Å². The van der Waals surface area contributed by atoms with Crippen LogP contribution >= 0.6 is 23.2 Å². The molecule has 1 aliphatic rings. The molecule has 2 aromatic carbocycles. The molecule has 3 aromatic rings. The minimum Gasteiger partial charge on any atom is -0.353 e. The predicted molar refractivity (Wildman–Crippen MR) is 108 cm³/mol. The lowest BCUT2D eigenvalue weighted by Gasteiger charge is -2.28. The first-order chi connectivity index (χ1) is 12.7. The summed E-state index contributed by atoms with van der Waals surface area (Å²) in [5, 5.41) is 4.77. The number of halogens is 2. The maximum Gasteiger partial charge on any atom is 0.147 e. The number of nitrogens with one attached hydrogen (secondary N) is 1. The lowest BCUT2D eigenvalue weighted by atomic mass is 10.0. The number of benzene rings is 2. The zero-order valence-electron chi connectivity index (χ0n) is 14.1. The zero-order valence-corrected chi connectivity index (χ0v) is 15.6. The van der Waals surface area contributed by atoms with Crippen LogP contribution in [-0.4, -0.2) is 36.1 Å². The number of nitrogens with zero attached hydrogens (tertiary/aromatic N) is 3. The van der Waals surface area contributed by atoms with E-state index in [0.29, 0.717) is 10.0 Å². The molecule has 1 aromatic heterocycles. The van der Waals surface area contributed by atoms with Crippen LogP contribution in [0.4, 0.5) is 5.82 Å². The quantitative estimate of drug-likeness (QED) is 0.720. The summed E-state index contributed by atoms with van der Waals surface area (Å²) < 4.78 is 0. The molecule has 26 heavy (non-hydrogen) atoms. The summed E-state index contributed by atoms with van der Waals surface area (Å²) in [6, 6.07) is 15.4. The molecule has 0 atom stereocenters. The van der Waals surface area contributed by atoms with E-state index in [1.165, 1.54) is 0 Å². The normalized spacial score (nSPS) is 14.5. The van der Waals surface area contributed by atoms with Crippen molar-refractivity contribution in [2.75, 3.05) is 31.1 Å². The van der Waals surface area contributed by atoms with Crippen LogP contribution in [0.3, 0.4) is 0 Å². The van der Waals surface area contributed by atoms with Crippen molar-refractivity contribution in [3.63, 3.8) is 0 Å². The first-order valence-corrected chi connectivity index (χ1v) is 9.31. The Hall–Kier alpha value is -2.14. The van der Waals surface area contributed by atoms with Gasteiger partial charge in [0.1, 0.15) is 5.82 Å². The second-order valence-electron chi connectivity index (χ2n) is 6.18. The molecule has 6 heteroatoms. The van der Waals surface area contributed by atoms with Gasteiger partial charge in [0.2, 0.25) is 0 Å². The average molecular weight is 385 g/mol. The molecule has 0 amide bonds. The average Bonchev–Trinajstić information content (AvgIpc) is 2.70. The molecule has 0 radical (unpaired) electrons. The summed E-state index contributed by atoms with van der Waals surface area (Å²) in [4.78, 5) is 12.0. The predicted octanol–water partition coefficient (Wildman–Crippen LogP) is 4.53. The highest BCUT2D eigenvalue weighted by Crippen LogP contribution is 2.32. The third kappa shape index (κ3) is 3.68. The number of hydrogen-bond donors (Lipinski definition) is 1. The maximum absolute atomic E-state index is 6.06. The van der Waals surface area contributed by atoms with Gasteiger partial charge in [0.05, 0.1) is 17.6 Å². The first-order valence-electron chi connectivity index (χ1n) is 8.55. The number of hydrogen-bond acceptors (Lipinski definition) is 4. The van der Waals surface area contributed by atoms with E-state index in [1.807, 2.05) is 54.7 Å². The van der Waals surface area contributed by atoms with Crippen molar-refractivity contribution in [2.45, 2.75) is 0 Å². The second-order valence-corrected chi connectivity index (χ2v) is 7.05. The summed E-state index contributed by atoms with van der Waals surface area (Å²) in [5.74, 6) is 0.897. The van der Waals surface area contributed by atoms with E-state index in [0.717, 1.165) is 54.5 Å². The van der Waals surface area contributed by atoms with Crippen LogP contribution in [0, 0.1) is 0 Å². The molecular formula is C20H18Cl2N4. The number of piperazine rings is 1. The van der Waals surface area contributed by atoms with Gasteiger partial charge in [-0.15, -0.1) is 0 Å². The van der Waals surface area contributed by atoms with Crippen molar-refractivity contribution in [3.8, 4) is 22.5 Å². The SMILES string of the molecule is Clc1ccc(-c2ncc(N3CCNCC3)nc2-c2ccc(Cl)cc2)cc1. The van der Waals surface area contributed by atoms with Gasteiger partial charge in [0.25, 0.3) is 0 Å². The minimum atomic E-state index is 0.701. The van der Waals surface area contributed by atoms with Gasteiger partial charge in [0.15, 0.2) is 0 Å². The highest BCUT2D eigenvalue weighted by atomic mass is 35.5. The third-order valence-electron chi connectivity index (χ3n) is 4.44. The van der Waals surface area contributed by atoms with Crippen LogP contribution in [0.15, 0.2) is 54.7 Å². The standard InChI is InChI=1S/C20H18Cl2N4/c21-16-5-1-14(2-6-16)19-20(15-3-7-17(22)8-4-15)25-18(13-24-19)26-11-9-23-10-12-26/h1-8,13,23H,9-12H2. The molecule has 0 unspecified atom stereocenters. The highest BCUT2D eigenvalue weighted by molar-refractivity contribution is 6.31. The molecule has 0 saturated carbocycles. The fourth-order valence-corrected chi connectivity index (χ4v) is 3.31. The molecule has 4 nitrogen and oxygen atoms in total. The Morgan fingerprint density at radius 1 is 0.769 bits per heavy atom. The Labute approximate surface area is 162 Å². The fourth-order valence-electron chi connectivity index (χ4n) is 3.05. The van der Waals surface area contributed by atoms with Gasteiger partial charge in [-0.1, -0.05) is 47.5 Å². The van der Waals surface area contributed by atoms with Gasteiger partial charge in [0, 0.05) is 47.4 Å². The fraction of sp³-hybridized carbons (Fsp3) is 0.200. The largest absolute Gasteiger partial charge is 0.353 e. The topological polar surface area (TPSA) is 41.1 Å². The summed E-state index contributed by atoms with van der Waals surface area (Å²) in [5.41, 5.74) is 3.66. The molecule has 132 valence electrons. The molecule has 1 N–H and O–H groups in total. The molecule has 4 rings (SSSR count). The Morgan fingerprint density at radius 2 is 1.31 bits per heavy atom. The second kappa shape index (κ2) is 7.62. The Kier molecular flexibility index (Phi) is 5.07. The van der Waals surface area contributed by atoms with Crippen molar-refractivity contribution in [1.29, 1.82) is 0 Å². The molecule has 0 spiro atoms. The summed E-state index contributed by atoms with van der Waals surface area (Å²) in [7, 11) is 0. The molecular weight excluding hydrogens is 367 g/mol. The Bertz CT molecular complexity index is 889. The van der Waals surface area contributed by atoms with Crippen molar-refractivity contribution >= 4 is 29.0 Å². The summed E-state index contributed by atoms with van der Waals surface area (Å²) in [6.07, 6.45) is 1.86. The third-order valence-corrected chi connectivity index (χ3v) is 4.94. The van der Waals surface area contributed by atoms with Crippen LogP contribution in [-0.2, 0) is 0 Å². The van der Waals surface area contributed by atoms with E-state index in [4.69, 9.17) is 33.2 Å². The van der Waals surface area contributed by atoms with E-state index in [-0.39, 0.29) is 0 Å². The molecule has 1 aliphatic heterocycles. The van der Waals surface area contributed by atoms with E-state index in [1.54, 1.807) is 0 Å². The molecule has 1 saturated heterocycles. The van der Waals surface area contributed by atoms with Gasteiger partial charge >= 0.3 is 0 Å². The smallest absolute Gasteiger partial charge is 0.147 e. The Balaban J connectivity index is 1.82. The van der Waals surface area contributed by atoms with E-state index < -0.39 is 0 Å². The van der Waals surface area contributed by atoms with Crippen LogP contribution in [0.25, 0.3) is 22.5 Å². The maximum atomic E-state index is 6.06. The highest BCUT2D eigenvalue weighted by Gasteiger charge is 2.17. The van der Waals surface area contributed by atoms with Gasteiger partial charge in [-0.25, -0.2) is 4.98 Å². The monoisotopic (exact) mass is 384 g/mol. The number of aromatic nitrogens is 2. The number of rotatable bonds is 3. The van der Waals surface area contributed by atoms with Crippen molar-refractivity contribution < 1.29 is 0 Å². The van der Waals surface area contributed by atoms with Crippen LogP contribution in [0.2, 0.25) is 10.0 Å². The van der Waals surface area contributed by atoms with Crippen molar-refractivity contribution in [1.82, 2.24) is 15.3 Å². The first kappa shape index (κ1) is 17.3. The number of anilines is 1. The lowest BCUT2D eigenvalue weighted by molar-refractivity contribution is 0.584. The molecule has 2 heterocycles. The summed E-state index contributed by atoms with van der Waals surface area (Å²) >= 11 is 12.1. The van der Waals surface area contributed by atoms with Crippen LogP contribution in [0.1, 0.15) is 0 Å². The van der Waals surface area contributed by atoms with Crippen molar-refractivity contribution in [2.24, 2.45) is 0 Å². The minimum absolute atomic E-state index is 0.701. The van der Waals surface area contributed by atoms with Crippen LogP contribution in [0.5, 0.6) is 0 Å². The van der Waals surface area contributed by atoms with Gasteiger partial charge < -0.3 is 10.2 Å². The van der Waals surface area contributed by atoms with E-state index >= 15 is 0 Å². The van der Waals surface area contributed by atoms with Crippen LogP contribution < -0.4 is 10.2 Å². The van der Waals surface area contributed by atoms with E-state index in [9.17, 15) is 0 Å². The molecule has 0 aliphatic carbocycles. The molecule has 1 fully saturated rings. The molecule has 0 bridgehead atoms. The summed E-state index contributed by atoms with van der Waals surface area (Å²) in [6.45, 7) is 3.76. The van der Waals surface area contributed by atoms with E-state index in [2.05, 4.69) is 10.2 Å². The van der Waals surface area contributed by atoms with Crippen molar-refractivity contribution in [3.05, 3.63) is 64.8 Å². The Morgan fingerprint density at radius 3 is 1.88 bits per heavy atom. The lowest BCUT2D eigenvalue weighted by Crippen LogP contribution is -2.44. The van der Waals surface area contributed by atoms with Gasteiger partial charge in [-0.2, -0.15) is 0 Å². The zero-order chi connectivity index (χ0) is 17.9. The van der Waals surface area contributed by atoms with Gasteiger partial charge in [-0.3, -0.25) is 4.98 Å².